The molecule has 0 fully saturated rings. The van der Waals surface area contributed by atoms with E-state index in [1.165, 1.54) is 7.05 Å². The Morgan fingerprint density at radius 2 is 2.00 bits per heavy atom. The zero-order valence-corrected chi connectivity index (χ0v) is 9.38. The van der Waals surface area contributed by atoms with Gasteiger partial charge in [0.15, 0.2) is 0 Å². The SMILES string of the molecule is CNC(=O)ON=C(COC)C(C)(C)C. The number of ether oxygens (including phenoxy) is 1. The Balaban J connectivity index is 4.41. The summed E-state index contributed by atoms with van der Waals surface area (Å²) in [7, 11) is 3.05. The third-order valence-corrected chi connectivity index (χ3v) is 1.59. The molecule has 0 heterocycles. The van der Waals surface area contributed by atoms with Crippen molar-refractivity contribution in [2.75, 3.05) is 20.8 Å². The predicted molar refractivity (Wildman–Crippen MR) is 54.3 cm³/mol. The maximum absolute atomic E-state index is 10.8. The largest absolute Gasteiger partial charge is 0.433 e. The van der Waals surface area contributed by atoms with Crippen molar-refractivity contribution in [3.05, 3.63) is 0 Å². The first kappa shape index (κ1) is 12.9. The van der Waals surface area contributed by atoms with Gasteiger partial charge >= 0.3 is 6.09 Å². The number of nitrogens with one attached hydrogen (secondary N) is 1. The number of amides is 1. The number of nitrogens with zero attached hydrogens (tertiary/aromatic N) is 1. The van der Waals surface area contributed by atoms with Gasteiger partial charge in [0.2, 0.25) is 0 Å². The highest BCUT2D eigenvalue weighted by Gasteiger charge is 2.20. The van der Waals surface area contributed by atoms with E-state index in [0.717, 1.165) is 0 Å². The van der Waals surface area contributed by atoms with Crippen LogP contribution in [0.2, 0.25) is 0 Å². The lowest BCUT2D eigenvalue weighted by atomic mass is 9.90. The molecule has 0 aromatic carbocycles. The van der Waals surface area contributed by atoms with Gasteiger partial charge in [-0.2, -0.15) is 0 Å². The van der Waals surface area contributed by atoms with E-state index in [1.807, 2.05) is 20.8 Å². The standard InChI is InChI=1S/C9H18N2O3/c1-9(2,3)7(6-13-5)11-14-8(12)10-4/h6H2,1-5H3,(H,10,12). The van der Waals surface area contributed by atoms with E-state index >= 15 is 0 Å². The Hall–Kier alpha value is -1.10. The van der Waals surface area contributed by atoms with Crippen LogP contribution in [0, 0.1) is 5.41 Å². The molecule has 0 saturated heterocycles. The van der Waals surface area contributed by atoms with Gasteiger partial charge in [0.05, 0.1) is 12.3 Å². The quantitative estimate of drug-likeness (QED) is 0.427. The molecule has 0 rings (SSSR count). The number of rotatable bonds is 3. The first-order chi connectivity index (χ1) is 6.41. The van der Waals surface area contributed by atoms with Crippen LogP contribution in [0.3, 0.4) is 0 Å². The molecule has 0 aromatic rings. The molecular formula is C9H18N2O3. The van der Waals surface area contributed by atoms with Gasteiger partial charge in [-0.3, -0.25) is 4.84 Å². The molecule has 0 atom stereocenters. The highest BCUT2D eigenvalue weighted by atomic mass is 16.7. The Morgan fingerprint density at radius 3 is 2.36 bits per heavy atom. The van der Waals surface area contributed by atoms with Crippen LogP contribution in [0.15, 0.2) is 5.16 Å². The average Bonchev–Trinajstić information content (AvgIpc) is 2.09. The van der Waals surface area contributed by atoms with Gasteiger partial charge < -0.3 is 10.1 Å². The van der Waals surface area contributed by atoms with Crippen LogP contribution in [0.5, 0.6) is 0 Å². The van der Waals surface area contributed by atoms with Gasteiger partial charge in [0.25, 0.3) is 0 Å². The van der Waals surface area contributed by atoms with Gasteiger partial charge in [0.1, 0.15) is 0 Å². The van der Waals surface area contributed by atoms with Crippen molar-refractivity contribution in [3.8, 4) is 0 Å². The monoisotopic (exact) mass is 202 g/mol. The van der Waals surface area contributed by atoms with Gasteiger partial charge in [-0.15, -0.1) is 0 Å². The fraction of sp³-hybridized carbons (Fsp3) is 0.778. The summed E-state index contributed by atoms with van der Waals surface area (Å²) >= 11 is 0. The summed E-state index contributed by atoms with van der Waals surface area (Å²) in [6, 6.07) is 0. The second-order valence-electron chi connectivity index (χ2n) is 3.85. The van der Waals surface area contributed by atoms with Crippen LogP contribution in [-0.4, -0.2) is 32.6 Å². The molecule has 0 aliphatic heterocycles. The zero-order chi connectivity index (χ0) is 11.2. The van der Waals surface area contributed by atoms with Crippen molar-refractivity contribution in [1.82, 2.24) is 5.32 Å². The normalized spacial score (nSPS) is 12.5. The van der Waals surface area contributed by atoms with Crippen molar-refractivity contribution >= 4 is 11.8 Å². The van der Waals surface area contributed by atoms with Gasteiger partial charge in [-0.05, 0) is 0 Å². The van der Waals surface area contributed by atoms with Crippen LogP contribution in [-0.2, 0) is 9.57 Å². The highest BCUT2D eigenvalue weighted by Crippen LogP contribution is 2.16. The molecule has 1 N–H and O–H groups in total. The van der Waals surface area contributed by atoms with Crippen LogP contribution in [0.4, 0.5) is 4.79 Å². The first-order valence-electron chi connectivity index (χ1n) is 4.36. The lowest BCUT2D eigenvalue weighted by Gasteiger charge is -2.19. The lowest BCUT2D eigenvalue weighted by Crippen LogP contribution is -2.27. The van der Waals surface area contributed by atoms with Crippen molar-refractivity contribution < 1.29 is 14.4 Å². The first-order valence-corrected chi connectivity index (χ1v) is 4.36. The summed E-state index contributed by atoms with van der Waals surface area (Å²) in [6.45, 7) is 6.26. The number of hydrogen-bond acceptors (Lipinski definition) is 4. The molecule has 0 aliphatic rings. The molecule has 14 heavy (non-hydrogen) atoms. The van der Waals surface area contributed by atoms with Crippen molar-refractivity contribution in [1.29, 1.82) is 0 Å². The summed E-state index contributed by atoms with van der Waals surface area (Å²) in [5.41, 5.74) is 0.507. The molecule has 0 radical (unpaired) electrons. The van der Waals surface area contributed by atoms with Crippen molar-refractivity contribution in [2.45, 2.75) is 20.8 Å². The van der Waals surface area contributed by atoms with Crippen LogP contribution >= 0.6 is 0 Å². The summed E-state index contributed by atoms with van der Waals surface area (Å²) in [5.74, 6) is 0. The maximum atomic E-state index is 10.8. The van der Waals surface area contributed by atoms with E-state index in [9.17, 15) is 4.79 Å². The Labute approximate surface area is 84.4 Å². The topological polar surface area (TPSA) is 59.9 Å². The van der Waals surface area contributed by atoms with Crippen LogP contribution < -0.4 is 5.32 Å². The summed E-state index contributed by atoms with van der Waals surface area (Å²) < 4.78 is 4.95. The molecule has 0 aliphatic carbocycles. The number of carbonyl (C=O) groups is 1. The third kappa shape index (κ3) is 4.81. The number of oxime groups is 1. The second-order valence-corrected chi connectivity index (χ2v) is 3.85. The van der Waals surface area contributed by atoms with Crippen molar-refractivity contribution in [3.63, 3.8) is 0 Å². The van der Waals surface area contributed by atoms with Gasteiger partial charge in [-0.25, -0.2) is 4.79 Å². The molecule has 5 nitrogen and oxygen atoms in total. The fourth-order valence-corrected chi connectivity index (χ4v) is 0.659. The molecular weight excluding hydrogens is 184 g/mol. The second kappa shape index (κ2) is 5.59. The van der Waals surface area contributed by atoms with E-state index < -0.39 is 6.09 Å². The number of methoxy groups -OCH3 is 1. The van der Waals surface area contributed by atoms with Crippen LogP contribution in [0.25, 0.3) is 0 Å². The van der Waals surface area contributed by atoms with Gasteiger partial charge in [0, 0.05) is 19.6 Å². The minimum Gasteiger partial charge on any atom is -0.379 e. The number of hydrogen-bond donors (Lipinski definition) is 1. The van der Waals surface area contributed by atoms with Gasteiger partial charge in [-0.1, -0.05) is 25.9 Å². The molecule has 0 bridgehead atoms. The minimum atomic E-state index is -0.581. The van der Waals surface area contributed by atoms with E-state index in [-0.39, 0.29) is 5.41 Å². The van der Waals surface area contributed by atoms with E-state index in [1.54, 1.807) is 7.11 Å². The van der Waals surface area contributed by atoms with Crippen LogP contribution in [0.1, 0.15) is 20.8 Å². The Kier molecular flexibility index (Phi) is 5.15. The fourth-order valence-electron chi connectivity index (χ4n) is 0.659. The highest BCUT2D eigenvalue weighted by molar-refractivity contribution is 5.90. The average molecular weight is 202 g/mol. The molecule has 0 spiro atoms. The third-order valence-electron chi connectivity index (χ3n) is 1.59. The van der Waals surface area contributed by atoms with E-state index in [4.69, 9.17) is 4.74 Å². The zero-order valence-electron chi connectivity index (χ0n) is 9.38. The molecule has 82 valence electrons. The smallest absolute Gasteiger partial charge is 0.379 e. The summed E-state index contributed by atoms with van der Waals surface area (Å²) in [6.07, 6.45) is -0.581. The lowest BCUT2D eigenvalue weighted by molar-refractivity contribution is 0.149. The summed E-state index contributed by atoms with van der Waals surface area (Å²) in [5, 5.41) is 6.04. The molecule has 0 saturated carbocycles. The van der Waals surface area contributed by atoms with E-state index in [0.29, 0.717) is 12.3 Å². The molecule has 1 amide bonds. The maximum Gasteiger partial charge on any atom is 0.433 e. The predicted octanol–water partition coefficient (Wildman–Crippen LogP) is 1.39. The number of carbonyl (C=O) groups excluding carboxylic acids is 1. The summed E-state index contributed by atoms with van der Waals surface area (Å²) in [4.78, 5) is 15.4. The molecule has 5 heteroatoms. The van der Waals surface area contributed by atoms with Crippen molar-refractivity contribution in [2.24, 2.45) is 10.6 Å². The Morgan fingerprint density at radius 1 is 1.43 bits per heavy atom. The molecule has 0 aromatic heterocycles. The Bertz CT molecular complexity index is 219. The van der Waals surface area contributed by atoms with E-state index in [2.05, 4.69) is 15.3 Å². The minimum absolute atomic E-state index is 0.177. The molecule has 0 unspecified atom stereocenters.